The van der Waals surface area contributed by atoms with Crippen LogP contribution in [-0.2, 0) is 14.9 Å². The van der Waals surface area contributed by atoms with Gasteiger partial charge in [0.25, 0.3) is 0 Å². The van der Waals surface area contributed by atoms with Crippen molar-refractivity contribution >= 4 is 15.9 Å². The number of benzene rings is 1. The first kappa shape index (κ1) is 14.8. The summed E-state index contributed by atoms with van der Waals surface area (Å²) in [7, 11) is -3.57. The fourth-order valence-corrected chi connectivity index (χ4v) is 4.52. The number of ether oxygens (including phenoxy) is 1. The van der Waals surface area contributed by atoms with Gasteiger partial charge < -0.3 is 9.84 Å². The zero-order chi connectivity index (χ0) is 14.9. The van der Waals surface area contributed by atoms with E-state index in [-0.39, 0.29) is 0 Å². The Morgan fingerprint density at radius 3 is 2.62 bits per heavy atom. The van der Waals surface area contributed by atoms with Crippen LogP contribution in [0.5, 0.6) is 0 Å². The molecule has 0 spiro atoms. The molecule has 2 heterocycles. The molecule has 1 aromatic rings. The Balaban J connectivity index is 1.99. The Bertz CT molecular complexity index is 599. The number of hydrogen-bond acceptors (Lipinski definition) is 4. The lowest BCUT2D eigenvalue weighted by atomic mass is 10.1. The van der Waals surface area contributed by atoms with Crippen molar-refractivity contribution in [2.75, 3.05) is 37.2 Å². The van der Waals surface area contributed by atoms with Crippen molar-refractivity contribution in [3.63, 3.8) is 0 Å². The van der Waals surface area contributed by atoms with E-state index in [2.05, 4.69) is 0 Å². The Kier molecular flexibility index (Phi) is 4.17. The second kappa shape index (κ2) is 5.92. The van der Waals surface area contributed by atoms with Crippen molar-refractivity contribution in [3.8, 4) is 0 Å². The highest BCUT2D eigenvalue weighted by molar-refractivity contribution is 7.90. The zero-order valence-electron chi connectivity index (χ0n) is 11.8. The van der Waals surface area contributed by atoms with Crippen LogP contribution in [0.4, 0.5) is 5.69 Å². The van der Waals surface area contributed by atoms with Gasteiger partial charge in [0.2, 0.25) is 0 Å². The second-order valence-electron chi connectivity index (χ2n) is 5.31. The number of morpholine rings is 1. The van der Waals surface area contributed by atoms with Crippen LogP contribution in [0.3, 0.4) is 0 Å². The van der Waals surface area contributed by atoms with Crippen LogP contribution in [0.25, 0.3) is 0 Å². The summed E-state index contributed by atoms with van der Waals surface area (Å²) in [6.45, 7) is 2.01. The van der Waals surface area contributed by atoms with Gasteiger partial charge in [-0.05, 0) is 18.9 Å². The van der Waals surface area contributed by atoms with Gasteiger partial charge in [0.05, 0.1) is 25.0 Å². The number of aliphatic hydroxyl groups is 1. The van der Waals surface area contributed by atoms with Gasteiger partial charge >= 0.3 is 10.2 Å². The normalized spacial score (nSPS) is 24.4. The van der Waals surface area contributed by atoms with E-state index in [1.807, 2.05) is 6.07 Å². The van der Waals surface area contributed by atoms with Crippen LogP contribution in [0.15, 0.2) is 24.3 Å². The van der Waals surface area contributed by atoms with E-state index in [0.29, 0.717) is 56.9 Å². The number of para-hydroxylation sites is 1. The highest BCUT2D eigenvalue weighted by atomic mass is 32.2. The first-order valence-corrected chi connectivity index (χ1v) is 8.63. The molecular formula is C14H20N2O4S. The van der Waals surface area contributed by atoms with Crippen molar-refractivity contribution in [1.29, 1.82) is 0 Å². The molecule has 116 valence electrons. The predicted octanol–water partition coefficient (Wildman–Crippen LogP) is 0.897. The van der Waals surface area contributed by atoms with E-state index in [9.17, 15) is 13.5 Å². The molecule has 1 fully saturated rings. The minimum Gasteiger partial charge on any atom is -0.388 e. The minimum absolute atomic E-state index is 0.379. The minimum atomic E-state index is -3.57. The first-order valence-electron chi connectivity index (χ1n) is 7.23. The Morgan fingerprint density at radius 1 is 1.14 bits per heavy atom. The molecule has 0 aliphatic carbocycles. The van der Waals surface area contributed by atoms with E-state index in [0.717, 1.165) is 0 Å². The fraction of sp³-hybridized carbons (Fsp3) is 0.571. The van der Waals surface area contributed by atoms with Gasteiger partial charge in [-0.25, -0.2) is 0 Å². The maximum atomic E-state index is 12.9. The van der Waals surface area contributed by atoms with Gasteiger partial charge in [-0.1, -0.05) is 18.2 Å². The number of hydrogen-bond donors (Lipinski definition) is 1. The lowest BCUT2D eigenvalue weighted by Gasteiger charge is -2.33. The highest BCUT2D eigenvalue weighted by Gasteiger charge is 2.34. The molecule has 21 heavy (non-hydrogen) atoms. The van der Waals surface area contributed by atoms with Crippen LogP contribution in [0, 0.1) is 0 Å². The zero-order valence-corrected chi connectivity index (χ0v) is 12.6. The molecule has 6 nitrogen and oxygen atoms in total. The van der Waals surface area contributed by atoms with Gasteiger partial charge in [0.15, 0.2) is 0 Å². The lowest BCUT2D eigenvalue weighted by Crippen LogP contribution is -2.49. The molecule has 1 atom stereocenters. The molecule has 1 aromatic carbocycles. The van der Waals surface area contributed by atoms with Crippen molar-refractivity contribution in [2.45, 2.75) is 18.9 Å². The Hall–Kier alpha value is -1.15. The molecule has 0 radical (unpaired) electrons. The van der Waals surface area contributed by atoms with E-state index in [1.54, 1.807) is 18.2 Å². The maximum Gasteiger partial charge on any atom is 0.304 e. The number of anilines is 1. The molecule has 3 rings (SSSR count). The van der Waals surface area contributed by atoms with Crippen molar-refractivity contribution in [2.24, 2.45) is 0 Å². The van der Waals surface area contributed by atoms with Crippen LogP contribution < -0.4 is 4.31 Å². The van der Waals surface area contributed by atoms with Crippen molar-refractivity contribution < 1.29 is 18.3 Å². The molecule has 1 unspecified atom stereocenters. The smallest absolute Gasteiger partial charge is 0.304 e. The standard InChI is InChI=1S/C14H20N2O4S/c17-14-6-3-7-16(13-5-2-1-4-12(13)14)21(18,19)15-8-10-20-11-9-15/h1-2,4-5,14,17H,3,6-11H2. The molecule has 1 saturated heterocycles. The van der Waals surface area contributed by atoms with Crippen LogP contribution in [0.1, 0.15) is 24.5 Å². The Labute approximate surface area is 125 Å². The van der Waals surface area contributed by atoms with Crippen LogP contribution in [0.2, 0.25) is 0 Å². The summed E-state index contributed by atoms with van der Waals surface area (Å²) >= 11 is 0. The topological polar surface area (TPSA) is 70.1 Å². The molecule has 2 aliphatic heterocycles. The van der Waals surface area contributed by atoms with E-state index in [4.69, 9.17) is 4.74 Å². The quantitative estimate of drug-likeness (QED) is 0.881. The average molecular weight is 312 g/mol. The van der Waals surface area contributed by atoms with Gasteiger partial charge in [-0.3, -0.25) is 4.31 Å². The molecule has 0 aromatic heterocycles. The summed E-state index contributed by atoms with van der Waals surface area (Å²) in [4.78, 5) is 0. The lowest BCUT2D eigenvalue weighted by molar-refractivity contribution is 0.0729. The average Bonchev–Trinajstić information content (AvgIpc) is 2.68. The third-order valence-corrected chi connectivity index (χ3v) is 5.93. The summed E-state index contributed by atoms with van der Waals surface area (Å²) in [5.41, 5.74) is 1.28. The SMILES string of the molecule is O=S(=O)(N1CCOCC1)N1CCCC(O)c2ccccc21. The summed E-state index contributed by atoms with van der Waals surface area (Å²) in [5.74, 6) is 0. The second-order valence-corrected chi connectivity index (χ2v) is 7.16. The van der Waals surface area contributed by atoms with Crippen LogP contribution in [-0.4, -0.2) is 50.7 Å². The number of fused-ring (bicyclic) bond motifs is 1. The van der Waals surface area contributed by atoms with Gasteiger partial charge in [-0.15, -0.1) is 0 Å². The molecule has 2 aliphatic rings. The monoisotopic (exact) mass is 312 g/mol. The largest absolute Gasteiger partial charge is 0.388 e. The molecule has 1 N–H and O–H groups in total. The third-order valence-electron chi connectivity index (χ3n) is 3.98. The van der Waals surface area contributed by atoms with Gasteiger partial charge in [0.1, 0.15) is 0 Å². The van der Waals surface area contributed by atoms with Crippen molar-refractivity contribution in [1.82, 2.24) is 4.31 Å². The number of rotatable bonds is 2. The van der Waals surface area contributed by atoms with E-state index >= 15 is 0 Å². The number of aliphatic hydroxyl groups excluding tert-OH is 1. The summed E-state index contributed by atoms with van der Waals surface area (Å²) in [5, 5.41) is 10.2. The van der Waals surface area contributed by atoms with Crippen molar-refractivity contribution in [3.05, 3.63) is 29.8 Å². The van der Waals surface area contributed by atoms with Crippen LogP contribution >= 0.6 is 0 Å². The first-order chi connectivity index (χ1) is 10.1. The predicted molar refractivity (Wildman–Crippen MR) is 79.3 cm³/mol. The molecule has 0 bridgehead atoms. The summed E-state index contributed by atoms with van der Waals surface area (Å²) in [6, 6.07) is 7.20. The molecule has 0 amide bonds. The van der Waals surface area contributed by atoms with Gasteiger partial charge in [0, 0.05) is 25.2 Å². The summed E-state index contributed by atoms with van der Waals surface area (Å²) < 4.78 is 33.9. The van der Waals surface area contributed by atoms with E-state index < -0.39 is 16.3 Å². The summed E-state index contributed by atoms with van der Waals surface area (Å²) in [6.07, 6.45) is 0.608. The third kappa shape index (κ3) is 2.78. The fourth-order valence-electron chi connectivity index (χ4n) is 2.86. The maximum absolute atomic E-state index is 12.9. The number of nitrogens with zero attached hydrogens (tertiary/aromatic N) is 2. The molecular weight excluding hydrogens is 292 g/mol. The van der Waals surface area contributed by atoms with Gasteiger partial charge in [-0.2, -0.15) is 12.7 Å². The molecule has 7 heteroatoms. The van der Waals surface area contributed by atoms with E-state index in [1.165, 1.54) is 8.61 Å². The molecule has 0 saturated carbocycles. The Morgan fingerprint density at radius 2 is 1.86 bits per heavy atom. The highest BCUT2D eigenvalue weighted by Crippen LogP contribution is 2.34.